The summed E-state index contributed by atoms with van der Waals surface area (Å²) in [4.78, 5) is 26.8. The topological polar surface area (TPSA) is 109 Å². The molecular weight excluding hydrogens is 344 g/mol. The van der Waals surface area contributed by atoms with Crippen LogP contribution in [0.5, 0.6) is 5.75 Å². The fourth-order valence-electron chi connectivity index (χ4n) is 2.28. The Kier molecular flexibility index (Phi) is 4.80. The van der Waals surface area contributed by atoms with Gasteiger partial charge in [-0.3, -0.25) is 0 Å². The Morgan fingerprint density at radius 1 is 1.20 bits per heavy atom. The van der Waals surface area contributed by atoms with Gasteiger partial charge < -0.3 is 20.3 Å². The number of thiophene rings is 1. The van der Waals surface area contributed by atoms with Crippen molar-refractivity contribution in [3.8, 4) is 5.75 Å². The second-order valence-electron chi connectivity index (χ2n) is 5.16. The number of hydrogen-bond donors (Lipinski definition) is 3. The van der Waals surface area contributed by atoms with E-state index in [0.29, 0.717) is 22.4 Å². The van der Waals surface area contributed by atoms with E-state index < -0.39 is 18.5 Å². The largest absolute Gasteiger partial charge is 0.479 e. The third-order valence-electron chi connectivity index (χ3n) is 3.37. The van der Waals surface area contributed by atoms with Crippen molar-refractivity contribution in [2.75, 3.05) is 11.9 Å². The van der Waals surface area contributed by atoms with Crippen LogP contribution < -0.4 is 10.1 Å². The molecule has 1 aromatic carbocycles. The number of carbonyl (C=O) groups is 2. The summed E-state index contributed by atoms with van der Waals surface area (Å²) in [5, 5.41) is 21.8. The van der Waals surface area contributed by atoms with Crippen molar-refractivity contribution in [3.05, 3.63) is 53.0 Å². The van der Waals surface area contributed by atoms with Crippen molar-refractivity contribution >= 4 is 39.2 Å². The van der Waals surface area contributed by atoms with Gasteiger partial charge in [0, 0.05) is 6.54 Å². The molecule has 0 spiro atoms. The van der Waals surface area contributed by atoms with Crippen molar-refractivity contribution < 1.29 is 24.5 Å². The molecule has 0 bridgehead atoms. The van der Waals surface area contributed by atoms with E-state index in [2.05, 4.69) is 10.3 Å². The third-order valence-corrected chi connectivity index (χ3v) is 4.46. The summed E-state index contributed by atoms with van der Waals surface area (Å²) in [6.07, 6.45) is 1.61. The van der Waals surface area contributed by atoms with Gasteiger partial charge in [0.2, 0.25) is 0 Å². The Morgan fingerprint density at radius 3 is 2.64 bits per heavy atom. The minimum absolute atomic E-state index is 0.0331. The van der Waals surface area contributed by atoms with E-state index >= 15 is 0 Å². The van der Waals surface area contributed by atoms with Crippen LogP contribution in [0.2, 0.25) is 0 Å². The molecule has 0 fully saturated rings. The molecule has 0 aliphatic rings. The van der Waals surface area contributed by atoms with Gasteiger partial charge in [0.25, 0.3) is 0 Å². The molecule has 128 valence electrons. The Hall–Kier alpha value is -3.13. The summed E-state index contributed by atoms with van der Waals surface area (Å²) in [7, 11) is 0. The van der Waals surface area contributed by atoms with Crippen molar-refractivity contribution in [1.29, 1.82) is 0 Å². The third kappa shape index (κ3) is 3.86. The first-order chi connectivity index (χ1) is 12.0. The van der Waals surface area contributed by atoms with E-state index in [0.717, 1.165) is 16.9 Å². The van der Waals surface area contributed by atoms with Crippen LogP contribution in [0.15, 0.2) is 42.6 Å². The van der Waals surface area contributed by atoms with Gasteiger partial charge in [0.15, 0.2) is 17.2 Å². The zero-order valence-corrected chi connectivity index (χ0v) is 13.7. The molecular formula is C17H14N2O5S. The molecule has 0 unspecified atom stereocenters. The second-order valence-corrected chi connectivity index (χ2v) is 6.16. The first-order valence-corrected chi connectivity index (χ1v) is 8.14. The number of pyridine rings is 1. The zero-order chi connectivity index (χ0) is 17.8. The highest BCUT2D eigenvalue weighted by Gasteiger charge is 2.21. The molecule has 0 aliphatic carbocycles. The molecule has 3 aromatic rings. The summed E-state index contributed by atoms with van der Waals surface area (Å²) >= 11 is 0.950. The number of nitrogens with one attached hydrogen (secondary N) is 1. The lowest BCUT2D eigenvalue weighted by molar-refractivity contribution is -0.139. The van der Waals surface area contributed by atoms with Crippen molar-refractivity contribution in [2.24, 2.45) is 0 Å². The normalized spacial score (nSPS) is 10.6. The molecule has 0 aliphatic heterocycles. The van der Waals surface area contributed by atoms with Gasteiger partial charge in [0.05, 0.1) is 17.3 Å². The maximum atomic E-state index is 11.4. The van der Waals surface area contributed by atoms with Crippen LogP contribution in [-0.2, 0) is 11.3 Å². The van der Waals surface area contributed by atoms with E-state index in [4.69, 9.17) is 9.84 Å². The molecule has 0 saturated carbocycles. The molecule has 0 amide bonds. The van der Waals surface area contributed by atoms with Crippen LogP contribution in [0, 0.1) is 0 Å². The van der Waals surface area contributed by atoms with Crippen LogP contribution in [0.3, 0.4) is 0 Å². The number of rotatable bonds is 7. The van der Waals surface area contributed by atoms with Gasteiger partial charge in [-0.15, -0.1) is 11.3 Å². The fourth-order valence-corrected chi connectivity index (χ4v) is 3.19. The molecule has 0 radical (unpaired) electrons. The first kappa shape index (κ1) is 16.7. The number of benzene rings is 1. The van der Waals surface area contributed by atoms with Crippen molar-refractivity contribution in [1.82, 2.24) is 4.98 Å². The van der Waals surface area contributed by atoms with E-state index in [1.807, 2.05) is 30.3 Å². The molecule has 0 saturated heterocycles. The summed E-state index contributed by atoms with van der Waals surface area (Å²) in [5.41, 5.74) is 1.77. The predicted molar refractivity (Wildman–Crippen MR) is 93.5 cm³/mol. The van der Waals surface area contributed by atoms with Crippen molar-refractivity contribution in [2.45, 2.75) is 6.54 Å². The number of aromatic nitrogens is 1. The van der Waals surface area contributed by atoms with Gasteiger partial charge in [-0.25, -0.2) is 14.6 Å². The standard InChI is InChI=1S/C17H14N2O5S/c20-13(21)9-24-14-12-6-11(18-7-10-4-2-1-3-5-10)8-19-16(12)25-15(14)17(22)23/h1-6,8,18H,7,9H2,(H,20,21)(H,22,23). The number of carboxylic acid groups (broad SMARTS) is 2. The average Bonchev–Trinajstić information content (AvgIpc) is 2.97. The number of hydrogen-bond acceptors (Lipinski definition) is 6. The molecule has 8 heteroatoms. The van der Waals surface area contributed by atoms with E-state index in [1.165, 1.54) is 0 Å². The Bertz CT molecular complexity index is 923. The smallest absolute Gasteiger partial charge is 0.349 e. The number of aromatic carboxylic acids is 1. The van der Waals surface area contributed by atoms with Gasteiger partial charge in [-0.1, -0.05) is 30.3 Å². The van der Waals surface area contributed by atoms with E-state index in [1.54, 1.807) is 12.3 Å². The fraction of sp³-hybridized carbons (Fsp3) is 0.118. The molecule has 2 heterocycles. The number of ether oxygens (including phenoxy) is 1. The molecule has 25 heavy (non-hydrogen) atoms. The maximum Gasteiger partial charge on any atom is 0.349 e. The molecule has 3 rings (SSSR count). The molecule has 7 nitrogen and oxygen atoms in total. The van der Waals surface area contributed by atoms with Gasteiger partial charge >= 0.3 is 11.9 Å². The molecule has 2 aromatic heterocycles. The monoisotopic (exact) mass is 358 g/mol. The highest BCUT2D eigenvalue weighted by Crippen LogP contribution is 2.38. The van der Waals surface area contributed by atoms with Gasteiger partial charge in [0.1, 0.15) is 4.83 Å². The summed E-state index contributed by atoms with van der Waals surface area (Å²) in [6, 6.07) is 11.5. The van der Waals surface area contributed by atoms with Gasteiger partial charge in [-0.2, -0.15) is 0 Å². The van der Waals surface area contributed by atoms with Gasteiger partial charge in [-0.05, 0) is 11.6 Å². The van der Waals surface area contributed by atoms with Crippen LogP contribution >= 0.6 is 11.3 Å². The SMILES string of the molecule is O=C(O)COc1c(C(=O)O)sc2ncc(NCc3ccccc3)cc12. The average molecular weight is 358 g/mol. The minimum Gasteiger partial charge on any atom is -0.479 e. The summed E-state index contributed by atoms with van der Waals surface area (Å²) in [5.74, 6) is -2.32. The number of aliphatic carboxylic acids is 1. The zero-order valence-electron chi connectivity index (χ0n) is 12.9. The number of fused-ring (bicyclic) bond motifs is 1. The lowest BCUT2D eigenvalue weighted by Gasteiger charge is -2.07. The predicted octanol–water partition coefficient (Wildman–Crippen LogP) is 3.07. The highest BCUT2D eigenvalue weighted by atomic mass is 32.1. The Morgan fingerprint density at radius 2 is 1.96 bits per heavy atom. The second kappa shape index (κ2) is 7.18. The number of carboxylic acids is 2. The number of anilines is 1. The van der Waals surface area contributed by atoms with E-state index in [9.17, 15) is 14.7 Å². The summed E-state index contributed by atoms with van der Waals surface area (Å²) in [6.45, 7) is -0.0386. The summed E-state index contributed by atoms with van der Waals surface area (Å²) < 4.78 is 5.19. The quantitative estimate of drug-likeness (QED) is 0.595. The Labute approximate surface area is 146 Å². The maximum absolute atomic E-state index is 11.4. The van der Waals surface area contributed by atoms with Crippen LogP contribution in [0.1, 0.15) is 15.2 Å². The first-order valence-electron chi connectivity index (χ1n) is 7.33. The molecule has 3 N–H and O–H groups in total. The van der Waals surface area contributed by atoms with Crippen LogP contribution in [-0.4, -0.2) is 33.7 Å². The molecule has 0 atom stereocenters. The van der Waals surface area contributed by atoms with Crippen molar-refractivity contribution in [3.63, 3.8) is 0 Å². The number of nitrogens with zero attached hydrogens (tertiary/aromatic N) is 1. The van der Waals surface area contributed by atoms with E-state index in [-0.39, 0.29) is 10.6 Å². The lowest BCUT2D eigenvalue weighted by Crippen LogP contribution is -2.11. The highest BCUT2D eigenvalue weighted by molar-refractivity contribution is 7.20. The minimum atomic E-state index is -1.18. The van der Waals surface area contributed by atoms with Crippen LogP contribution in [0.4, 0.5) is 5.69 Å². The van der Waals surface area contributed by atoms with Crippen LogP contribution in [0.25, 0.3) is 10.2 Å². The lowest BCUT2D eigenvalue weighted by atomic mass is 10.2. The Balaban J connectivity index is 1.90.